The Bertz CT molecular complexity index is 847. The number of hydrogen-bond acceptors (Lipinski definition) is 2. The van der Waals surface area contributed by atoms with Gasteiger partial charge in [-0.2, -0.15) is 0 Å². The highest BCUT2D eigenvalue weighted by atomic mass is 19.1. The van der Waals surface area contributed by atoms with Gasteiger partial charge in [-0.3, -0.25) is 0 Å². The fourth-order valence-corrected chi connectivity index (χ4v) is 3.87. The topological polar surface area (TPSA) is 20.2 Å². The number of nitrogens with one attached hydrogen (secondary N) is 1. The Morgan fingerprint density at radius 1 is 0.962 bits per heavy atom. The van der Waals surface area contributed by atoms with Gasteiger partial charge in [0.1, 0.15) is 5.82 Å². The number of fused-ring (bicyclic) bond motifs is 1. The molecule has 0 saturated carbocycles. The molecule has 2 aromatic carbocycles. The summed E-state index contributed by atoms with van der Waals surface area (Å²) in [7, 11) is 0. The number of aryl methyl sites for hydroxylation is 1. The molecule has 0 aliphatic carbocycles. The van der Waals surface area contributed by atoms with Crippen LogP contribution in [0.15, 0.2) is 54.7 Å². The van der Waals surface area contributed by atoms with Crippen LogP contribution < -0.4 is 5.32 Å². The largest absolute Gasteiger partial charge is 0.343 e. The smallest absolute Gasteiger partial charge is 0.123 e. The number of piperazine rings is 1. The van der Waals surface area contributed by atoms with E-state index >= 15 is 0 Å². The summed E-state index contributed by atoms with van der Waals surface area (Å²) in [6, 6.07) is 15.4. The quantitative estimate of drug-likeness (QED) is 0.731. The Morgan fingerprint density at radius 2 is 1.73 bits per heavy atom. The molecule has 1 saturated heterocycles. The van der Waals surface area contributed by atoms with Crippen LogP contribution in [-0.2, 0) is 13.0 Å². The van der Waals surface area contributed by atoms with Crippen LogP contribution in [0.1, 0.15) is 17.5 Å². The first kappa shape index (κ1) is 17.3. The first-order chi connectivity index (χ1) is 12.8. The summed E-state index contributed by atoms with van der Waals surface area (Å²) in [4.78, 5) is 2.55. The van der Waals surface area contributed by atoms with E-state index in [4.69, 9.17) is 0 Å². The molecule has 0 atom stereocenters. The summed E-state index contributed by atoms with van der Waals surface area (Å²) in [6.45, 7) is 6.48. The summed E-state index contributed by atoms with van der Waals surface area (Å²) in [6.07, 6.45) is 4.57. The highest BCUT2D eigenvalue weighted by Crippen LogP contribution is 2.24. The molecule has 0 unspecified atom stereocenters. The van der Waals surface area contributed by atoms with Gasteiger partial charge in [0, 0.05) is 49.8 Å². The van der Waals surface area contributed by atoms with Gasteiger partial charge in [-0.15, -0.1) is 0 Å². The number of halogens is 1. The summed E-state index contributed by atoms with van der Waals surface area (Å²) in [5, 5.41) is 4.75. The molecular weight excluding hydrogens is 325 g/mol. The number of hydrogen-bond donors (Lipinski definition) is 1. The summed E-state index contributed by atoms with van der Waals surface area (Å²) in [5.74, 6) is -0.181. The van der Waals surface area contributed by atoms with Crippen molar-refractivity contribution in [2.75, 3.05) is 32.7 Å². The lowest BCUT2D eigenvalue weighted by molar-refractivity contribution is 0.238. The monoisotopic (exact) mass is 351 g/mol. The molecule has 0 radical (unpaired) electrons. The van der Waals surface area contributed by atoms with Crippen molar-refractivity contribution in [2.24, 2.45) is 0 Å². The lowest BCUT2D eigenvalue weighted by atomic mass is 10.1. The number of para-hydroxylation sites is 1. The molecule has 0 amide bonds. The molecule has 1 N–H and O–H groups in total. The van der Waals surface area contributed by atoms with Crippen LogP contribution in [0, 0.1) is 5.82 Å². The first-order valence-corrected chi connectivity index (χ1v) is 9.54. The Balaban J connectivity index is 1.49. The van der Waals surface area contributed by atoms with Crippen molar-refractivity contribution in [2.45, 2.75) is 19.4 Å². The second-order valence-corrected chi connectivity index (χ2v) is 7.12. The number of benzene rings is 2. The highest BCUT2D eigenvalue weighted by Gasteiger charge is 2.11. The van der Waals surface area contributed by atoms with Gasteiger partial charge in [0.15, 0.2) is 0 Å². The van der Waals surface area contributed by atoms with Gasteiger partial charge < -0.3 is 14.8 Å². The van der Waals surface area contributed by atoms with E-state index in [2.05, 4.69) is 45.2 Å². The van der Waals surface area contributed by atoms with Crippen molar-refractivity contribution < 1.29 is 4.39 Å². The molecule has 4 heteroatoms. The van der Waals surface area contributed by atoms with E-state index in [0.717, 1.165) is 44.7 Å². The fourth-order valence-electron chi connectivity index (χ4n) is 3.87. The van der Waals surface area contributed by atoms with Crippen molar-refractivity contribution in [1.29, 1.82) is 0 Å². The van der Waals surface area contributed by atoms with Crippen LogP contribution in [0.4, 0.5) is 4.39 Å². The van der Waals surface area contributed by atoms with E-state index in [1.54, 1.807) is 0 Å². The molecule has 1 aromatic heterocycles. The van der Waals surface area contributed by atoms with Gasteiger partial charge in [0.25, 0.3) is 0 Å². The lowest BCUT2D eigenvalue weighted by Crippen LogP contribution is -2.43. The molecule has 0 bridgehead atoms. The minimum atomic E-state index is -0.181. The Morgan fingerprint density at radius 3 is 2.54 bits per heavy atom. The van der Waals surface area contributed by atoms with Gasteiger partial charge in [0.05, 0.1) is 0 Å². The minimum absolute atomic E-state index is 0.181. The van der Waals surface area contributed by atoms with E-state index in [1.807, 2.05) is 12.1 Å². The molecule has 3 aromatic rings. The standard InChI is InChI=1S/C22H26FN3/c23-20-9-7-18(8-10-20)16-26-17-19(21-5-1-2-6-22(21)26)4-3-13-25-14-11-24-12-15-25/h1-2,5-10,17,24H,3-4,11-16H2. The lowest BCUT2D eigenvalue weighted by Gasteiger charge is -2.26. The summed E-state index contributed by atoms with van der Waals surface area (Å²) >= 11 is 0. The van der Waals surface area contributed by atoms with Gasteiger partial charge in [-0.25, -0.2) is 4.39 Å². The number of nitrogens with zero attached hydrogens (tertiary/aromatic N) is 2. The zero-order valence-corrected chi connectivity index (χ0v) is 15.1. The Kier molecular flexibility index (Phi) is 5.32. The van der Waals surface area contributed by atoms with Crippen molar-refractivity contribution in [3.05, 3.63) is 71.7 Å². The maximum atomic E-state index is 13.2. The maximum absolute atomic E-state index is 13.2. The first-order valence-electron chi connectivity index (χ1n) is 9.54. The molecule has 26 heavy (non-hydrogen) atoms. The predicted molar refractivity (Wildman–Crippen MR) is 105 cm³/mol. The maximum Gasteiger partial charge on any atom is 0.123 e. The second-order valence-electron chi connectivity index (χ2n) is 7.12. The third-order valence-corrected chi connectivity index (χ3v) is 5.27. The Labute approximate surface area is 154 Å². The summed E-state index contributed by atoms with van der Waals surface area (Å²) < 4.78 is 15.5. The minimum Gasteiger partial charge on any atom is -0.343 e. The van der Waals surface area contributed by atoms with Crippen LogP contribution >= 0.6 is 0 Å². The highest BCUT2D eigenvalue weighted by molar-refractivity contribution is 5.84. The molecule has 1 aliphatic rings. The van der Waals surface area contributed by atoms with Crippen molar-refractivity contribution >= 4 is 10.9 Å². The van der Waals surface area contributed by atoms with Gasteiger partial charge >= 0.3 is 0 Å². The average Bonchev–Trinajstić information content (AvgIpc) is 3.02. The van der Waals surface area contributed by atoms with Crippen molar-refractivity contribution in [1.82, 2.24) is 14.8 Å². The van der Waals surface area contributed by atoms with E-state index in [0.29, 0.717) is 0 Å². The van der Waals surface area contributed by atoms with E-state index in [1.165, 1.54) is 41.6 Å². The normalized spacial score (nSPS) is 15.6. The Hall–Kier alpha value is -2.17. The van der Waals surface area contributed by atoms with E-state index in [9.17, 15) is 4.39 Å². The molecule has 0 spiro atoms. The van der Waals surface area contributed by atoms with Gasteiger partial charge in [-0.05, 0) is 48.7 Å². The molecule has 2 heterocycles. The third-order valence-electron chi connectivity index (χ3n) is 5.27. The predicted octanol–water partition coefficient (Wildman–Crippen LogP) is 3.67. The van der Waals surface area contributed by atoms with Crippen LogP contribution in [0.5, 0.6) is 0 Å². The molecule has 136 valence electrons. The van der Waals surface area contributed by atoms with Crippen LogP contribution in [0.3, 0.4) is 0 Å². The van der Waals surface area contributed by atoms with Crippen LogP contribution in [-0.4, -0.2) is 42.2 Å². The molecule has 3 nitrogen and oxygen atoms in total. The molecular formula is C22H26FN3. The van der Waals surface area contributed by atoms with Gasteiger partial charge in [-0.1, -0.05) is 30.3 Å². The van der Waals surface area contributed by atoms with Crippen molar-refractivity contribution in [3.8, 4) is 0 Å². The number of aromatic nitrogens is 1. The van der Waals surface area contributed by atoms with E-state index in [-0.39, 0.29) is 5.82 Å². The zero-order valence-electron chi connectivity index (χ0n) is 15.1. The average molecular weight is 351 g/mol. The summed E-state index contributed by atoms with van der Waals surface area (Å²) in [5.41, 5.74) is 3.80. The fraction of sp³-hybridized carbons (Fsp3) is 0.364. The second kappa shape index (κ2) is 8.02. The van der Waals surface area contributed by atoms with Gasteiger partial charge in [0.2, 0.25) is 0 Å². The van der Waals surface area contributed by atoms with E-state index < -0.39 is 0 Å². The van der Waals surface area contributed by atoms with Crippen LogP contribution in [0.25, 0.3) is 10.9 Å². The third kappa shape index (κ3) is 3.97. The zero-order chi connectivity index (χ0) is 17.8. The molecule has 1 fully saturated rings. The van der Waals surface area contributed by atoms with Crippen LogP contribution in [0.2, 0.25) is 0 Å². The number of rotatable bonds is 6. The molecule has 1 aliphatic heterocycles. The molecule has 4 rings (SSSR count). The SMILES string of the molecule is Fc1ccc(Cn2cc(CCCN3CCNCC3)c3ccccc32)cc1. The van der Waals surface area contributed by atoms with Crippen molar-refractivity contribution in [3.63, 3.8) is 0 Å².